The lowest BCUT2D eigenvalue weighted by atomic mass is 10.2. The van der Waals surface area contributed by atoms with Crippen LogP contribution in [-0.4, -0.2) is 45.6 Å². The van der Waals surface area contributed by atoms with Gasteiger partial charge in [0.1, 0.15) is 0 Å². The highest BCUT2D eigenvalue weighted by atomic mass is 16.6. The number of benzene rings is 1. The van der Waals surface area contributed by atoms with Gasteiger partial charge in [-0.15, -0.1) is 0 Å². The molecule has 7 nitrogen and oxygen atoms in total. The van der Waals surface area contributed by atoms with E-state index in [2.05, 4.69) is 41.9 Å². The van der Waals surface area contributed by atoms with Crippen LogP contribution in [0.15, 0.2) is 49.1 Å². The van der Waals surface area contributed by atoms with E-state index in [-0.39, 0.29) is 5.48 Å². The molecule has 0 aliphatic rings. The quantitative estimate of drug-likeness (QED) is 0.171. The first-order chi connectivity index (χ1) is 13.6. The van der Waals surface area contributed by atoms with E-state index in [4.69, 9.17) is 10.2 Å². The van der Waals surface area contributed by atoms with Crippen LogP contribution < -0.4 is 21.4 Å². The van der Waals surface area contributed by atoms with Crippen molar-refractivity contribution in [3.63, 3.8) is 0 Å². The molecular weight excluding hydrogens is 366 g/mol. The predicted molar refractivity (Wildman–Crippen MR) is 131 cm³/mol. The van der Waals surface area contributed by atoms with Gasteiger partial charge < -0.3 is 26.8 Å². The van der Waals surface area contributed by atoms with Gasteiger partial charge in [0.2, 0.25) is 0 Å². The van der Waals surface area contributed by atoms with Gasteiger partial charge in [0.25, 0.3) is 0 Å². The van der Waals surface area contributed by atoms with Gasteiger partial charge in [0.15, 0.2) is 0 Å². The van der Waals surface area contributed by atoms with Crippen molar-refractivity contribution in [1.82, 2.24) is 10.6 Å². The smallest absolute Gasteiger partial charge is 0.0650 e. The van der Waals surface area contributed by atoms with Crippen LogP contribution in [0.4, 0.5) is 11.4 Å². The summed E-state index contributed by atoms with van der Waals surface area (Å²) in [4.78, 5) is 4.77. The Balaban J connectivity index is -0.000000175. The van der Waals surface area contributed by atoms with Crippen molar-refractivity contribution in [2.75, 3.05) is 45.2 Å². The first-order valence-electron chi connectivity index (χ1n) is 9.88. The highest BCUT2D eigenvalue weighted by Crippen LogP contribution is 2.12. The summed E-state index contributed by atoms with van der Waals surface area (Å²) in [6.45, 7) is 13.4. The van der Waals surface area contributed by atoms with Crippen LogP contribution in [0.3, 0.4) is 0 Å². The summed E-state index contributed by atoms with van der Waals surface area (Å²) in [6, 6.07) is 7.86. The summed E-state index contributed by atoms with van der Waals surface area (Å²) in [5, 5.41) is 16.5. The summed E-state index contributed by atoms with van der Waals surface area (Å²) in [7, 11) is 5.37. The van der Waals surface area contributed by atoms with E-state index in [1.54, 1.807) is 25.3 Å². The molecule has 0 amide bonds. The summed E-state index contributed by atoms with van der Waals surface area (Å²) in [5.41, 5.74) is 5.40. The fraction of sp³-hybridized carbons (Fsp3) is 0.500. The zero-order valence-corrected chi connectivity index (χ0v) is 19.5. The Morgan fingerprint density at radius 1 is 1.07 bits per heavy atom. The molecule has 170 valence electrons. The molecule has 1 aromatic rings. The second-order valence-electron chi connectivity index (χ2n) is 5.27. The van der Waals surface area contributed by atoms with Gasteiger partial charge in [-0.25, -0.2) is 0 Å². The first-order valence-corrected chi connectivity index (χ1v) is 9.88. The average Bonchev–Trinajstić information content (AvgIpc) is 2.73. The Morgan fingerprint density at radius 3 is 2.00 bits per heavy atom. The Kier molecular flexibility index (Phi) is 36.1. The van der Waals surface area contributed by atoms with E-state index in [1.807, 2.05) is 52.2 Å². The molecule has 0 unspecified atom stereocenters. The molecule has 0 bridgehead atoms. The van der Waals surface area contributed by atoms with Gasteiger partial charge >= 0.3 is 0 Å². The van der Waals surface area contributed by atoms with Crippen molar-refractivity contribution < 1.29 is 10.3 Å². The Labute approximate surface area is 178 Å². The van der Waals surface area contributed by atoms with Gasteiger partial charge in [0.05, 0.1) is 19.5 Å². The standard InChI is InChI=1S/C9H15N3O.C8H14N2.C3H8.C2H6.H2O/c1-10-7-11-8-3-5-9(6-4-8)12-13-2;1-3-4-5-8(9)6-7-10-2;1-3-2;1-2;/h3-6,10-12H,7H2,1-2H3;3-5,9-10H,1,6-7H2,2H3;3H2,1-2H3;1-2H3;1H2/b;5-4+,9-8?;;;. The zero-order valence-electron chi connectivity index (χ0n) is 19.5. The van der Waals surface area contributed by atoms with E-state index in [0.717, 1.165) is 31.0 Å². The van der Waals surface area contributed by atoms with Gasteiger partial charge in [-0.05, 0) is 44.4 Å². The van der Waals surface area contributed by atoms with Crippen molar-refractivity contribution >= 4 is 17.1 Å². The predicted octanol–water partition coefficient (Wildman–Crippen LogP) is 4.22. The third kappa shape index (κ3) is 28.1. The highest BCUT2D eigenvalue weighted by molar-refractivity contribution is 5.92. The molecule has 0 spiro atoms. The van der Waals surface area contributed by atoms with Gasteiger partial charge in [-0.3, -0.25) is 10.3 Å². The van der Waals surface area contributed by atoms with Crippen LogP contribution in [0, 0.1) is 5.41 Å². The van der Waals surface area contributed by atoms with Crippen molar-refractivity contribution in [2.45, 2.75) is 40.5 Å². The second-order valence-corrected chi connectivity index (χ2v) is 5.27. The molecule has 0 fully saturated rings. The number of allylic oxidation sites excluding steroid dienone is 3. The minimum atomic E-state index is 0. The molecule has 7 N–H and O–H groups in total. The third-order valence-electron chi connectivity index (χ3n) is 2.65. The molecular formula is C22H45N5O2. The number of hydrogen-bond donors (Lipinski definition) is 5. The number of anilines is 2. The largest absolute Gasteiger partial charge is 0.412 e. The molecule has 0 aliphatic carbocycles. The minimum absolute atomic E-state index is 0. The van der Waals surface area contributed by atoms with Crippen LogP contribution in [0.5, 0.6) is 0 Å². The van der Waals surface area contributed by atoms with Gasteiger partial charge in [0, 0.05) is 24.4 Å². The van der Waals surface area contributed by atoms with Crippen LogP contribution in [-0.2, 0) is 4.84 Å². The Morgan fingerprint density at radius 2 is 1.59 bits per heavy atom. The van der Waals surface area contributed by atoms with E-state index in [1.165, 1.54) is 6.42 Å². The van der Waals surface area contributed by atoms with E-state index >= 15 is 0 Å². The fourth-order valence-electron chi connectivity index (χ4n) is 1.49. The van der Waals surface area contributed by atoms with Gasteiger partial charge in [-0.2, -0.15) is 0 Å². The lowest BCUT2D eigenvalue weighted by molar-refractivity contribution is 0.271. The fourth-order valence-corrected chi connectivity index (χ4v) is 1.49. The molecule has 0 heterocycles. The maximum Gasteiger partial charge on any atom is 0.0650 e. The van der Waals surface area contributed by atoms with Crippen LogP contribution in [0.25, 0.3) is 0 Å². The third-order valence-corrected chi connectivity index (χ3v) is 2.65. The van der Waals surface area contributed by atoms with E-state index in [0.29, 0.717) is 5.71 Å². The first kappa shape index (κ1) is 34.3. The monoisotopic (exact) mass is 411 g/mol. The minimum Gasteiger partial charge on any atom is -0.412 e. The van der Waals surface area contributed by atoms with E-state index < -0.39 is 0 Å². The molecule has 1 aromatic carbocycles. The van der Waals surface area contributed by atoms with Gasteiger partial charge in [-0.1, -0.05) is 52.8 Å². The van der Waals surface area contributed by atoms with E-state index in [9.17, 15) is 0 Å². The lowest BCUT2D eigenvalue weighted by Crippen LogP contribution is -2.16. The van der Waals surface area contributed by atoms with Crippen molar-refractivity contribution in [1.29, 1.82) is 5.41 Å². The van der Waals surface area contributed by atoms with Crippen LogP contribution >= 0.6 is 0 Å². The van der Waals surface area contributed by atoms with Crippen LogP contribution in [0.2, 0.25) is 0 Å². The van der Waals surface area contributed by atoms with Crippen molar-refractivity contribution in [3.05, 3.63) is 49.1 Å². The number of hydrogen-bond acceptors (Lipinski definition) is 6. The normalized spacial score (nSPS) is 8.66. The second kappa shape index (κ2) is 30.5. The molecule has 0 aliphatic heterocycles. The summed E-state index contributed by atoms with van der Waals surface area (Å²) in [5.74, 6) is 0. The lowest BCUT2D eigenvalue weighted by Gasteiger charge is -2.06. The SMILES string of the molecule is C=C/C=C/C(=N)CCNC.CC.CCC.CNCNc1ccc(NOC)cc1.O. The Hall–Kier alpha value is -2.19. The molecule has 29 heavy (non-hydrogen) atoms. The topological polar surface area (TPSA) is 113 Å². The van der Waals surface area contributed by atoms with Crippen LogP contribution in [0.1, 0.15) is 40.5 Å². The van der Waals surface area contributed by atoms with Crippen molar-refractivity contribution in [3.8, 4) is 0 Å². The molecule has 0 saturated carbocycles. The zero-order chi connectivity index (χ0) is 22.0. The average molecular weight is 412 g/mol. The van der Waals surface area contributed by atoms with Crippen molar-refractivity contribution in [2.24, 2.45) is 0 Å². The molecule has 0 radical (unpaired) electrons. The summed E-state index contributed by atoms with van der Waals surface area (Å²) < 4.78 is 0. The number of nitrogens with one attached hydrogen (secondary N) is 5. The summed E-state index contributed by atoms with van der Waals surface area (Å²) in [6.07, 6.45) is 7.23. The number of rotatable bonds is 10. The maximum absolute atomic E-state index is 7.32. The molecule has 1 rings (SSSR count). The molecule has 0 saturated heterocycles. The highest BCUT2D eigenvalue weighted by Gasteiger charge is 1.91. The molecule has 0 atom stereocenters. The summed E-state index contributed by atoms with van der Waals surface area (Å²) >= 11 is 0. The molecule has 0 aromatic heterocycles. The molecule has 7 heteroatoms. The Bertz CT molecular complexity index is 477. The maximum atomic E-state index is 7.32.